The van der Waals surface area contributed by atoms with E-state index in [9.17, 15) is 14.4 Å². The number of carbonyl (C=O) groups excluding carboxylic acids is 3. The van der Waals surface area contributed by atoms with Crippen molar-refractivity contribution in [3.63, 3.8) is 0 Å². The number of amides is 3. The molecule has 0 saturated carbocycles. The van der Waals surface area contributed by atoms with Crippen molar-refractivity contribution in [3.05, 3.63) is 0 Å². The lowest BCUT2D eigenvalue weighted by Crippen LogP contribution is -2.34. The normalized spacial score (nSPS) is 25.1. The highest BCUT2D eigenvalue weighted by atomic mass is 16.2. The van der Waals surface area contributed by atoms with Crippen LogP contribution in [0, 0.1) is 11.8 Å². The summed E-state index contributed by atoms with van der Waals surface area (Å²) in [7, 11) is 0. The summed E-state index contributed by atoms with van der Waals surface area (Å²) in [6.45, 7) is 3.79. The molecule has 0 aromatic heterocycles. The number of carbonyl (C=O) groups is 3. The lowest BCUT2D eigenvalue weighted by molar-refractivity contribution is -0.140. The number of rotatable bonds is 4. The molecule has 1 rings (SSSR count). The Labute approximate surface area is 94.1 Å². The van der Waals surface area contributed by atoms with Crippen LogP contribution in [0.15, 0.2) is 0 Å². The van der Waals surface area contributed by atoms with Crippen molar-refractivity contribution in [2.75, 3.05) is 6.54 Å². The SMILES string of the molecule is CC1C(=O)N(CCCC(=O)NN)C(=O)C1C. The van der Waals surface area contributed by atoms with Crippen LogP contribution in [0.2, 0.25) is 0 Å². The molecular weight excluding hydrogens is 210 g/mol. The van der Waals surface area contributed by atoms with Crippen LogP contribution in [0.3, 0.4) is 0 Å². The highest BCUT2D eigenvalue weighted by Crippen LogP contribution is 2.25. The first kappa shape index (κ1) is 12.6. The zero-order valence-corrected chi connectivity index (χ0v) is 9.53. The summed E-state index contributed by atoms with van der Waals surface area (Å²) in [6.07, 6.45) is 0.663. The van der Waals surface area contributed by atoms with E-state index < -0.39 is 0 Å². The Morgan fingerprint density at radius 2 is 1.81 bits per heavy atom. The highest BCUT2D eigenvalue weighted by molar-refractivity contribution is 6.04. The number of imide groups is 1. The molecule has 1 saturated heterocycles. The number of nitrogens with one attached hydrogen (secondary N) is 1. The first-order valence-electron chi connectivity index (χ1n) is 5.33. The topological polar surface area (TPSA) is 92.5 Å². The second-order valence-corrected chi connectivity index (χ2v) is 4.08. The van der Waals surface area contributed by atoms with Crippen molar-refractivity contribution < 1.29 is 14.4 Å². The van der Waals surface area contributed by atoms with Crippen LogP contribution in [-0.2, 0) is 14.4 Å². The van der Waals surface area contributed by atoms with Crippen molar-refractivity contribution >= 4 is 17.7 Å². The van der Waals surface area contributed by atoms with E-state index in [0.29, 0.717) is 13.0 Å². The number of likely N-dealkylation sites (tertiary alicyclic amines) is 1. The van der Waals surface area contributed by atoms with Gasteiger partial charge in [-0.25, -0.2) is 5.84 Å². The fourth-order valence-electron chi connectivity index (χ4n) is 1.72. The lowest BCUT2D eigenvalue weighted by Gasteiger charge is -2.13. The lowest BCUT2D eigenvalue weighted by atomic mass is 10.00. The van der Waals surface area contributed by atoms with Crippen LogP contribution < -0.4 is 11.3 Å². The fourth-order valence-corrected chi connectivity index (χ4v) is 1.72. The molecule has 6 nitrogen and oxygen atoms in total. The minimum Gasteiger partial charge on any atom is -0.294 e. The molecule has 0 aliphatic carbocycles. The summed E-state index contributed by atoms with van der Waals surface area (Å²) in [5.41, 5.74) is 2.00. The van der Waals surface area contributed by atoms with Crippen LogP contribution in [0.1, 0.15) is 26.7 Å². The minimum absolute atomic E-state index is 0.148. The van der Waals surface area contributed by atoms with Gasteiger partial charge >= 0.3 is 0 Å². The van der Waals surface area contributed by atoms with Gasteiger partial charge in [-0.3, -0.25) is 24.7 Å². The maximum absolute atomic E-state index is 11.7. The summed E-state index contributed by atoms with van der Waals surface area (Å²) < 4.78 is 0. The Bertz CT molecular complexity index is 296. The van der Waals surface area contributed by atoms with E-state index in [-0.39, 0.29) is 36.0 Å². The predicted octanol–water partition coefficient (Wildman–Crippen LogP) is -0.602. The van der Waals surface area contributed by atoms with Crippen LogP contribution in [0.25, 0.3) is 0 Å². The smallest absolute Gasteiger partial charge is 0.233 e. The van der Waals surface area contributed by atoms with E-state index in [1.54, 1.807) is 13.8 Å². The van der Waals surface area contributed by atoms with Crippen LogP contribution in [0.5, 0.6) is 0 Å². The molecule has 1 fully saturated rings. The molecule has 0 aromatic carbocycles. The van der Waals surface area contributed by atoms with Gasteiger partial charge < -0.3 is 0 Å². The summed E-state index contributed by atoms with van der Waals surface area (Å²) in [5, 5.41) is 0. The van der Waals surface area contributed by atoms with E-state index in [1.165, 1.54) is 4.90 Å². The Morgan fingerprint density at radius 1 is 1.31 bits per heavy atom. The Kier molecular flexibility index (Phi) is 4.00. The Balaban J connectivity index is 2.46. The third-order valence-electron chi connectivity index (χ3n) is 3.01. The first-order valence-corrected chi connectivity index (χ1v) is 5.33. The average Bonchev–Trinajstić information content (AvgIpc) is 2.46. The van der Waals surface area contributed by atoms with Gasteiger partial charge in [0.05, 0.1) is 0 Å². The molecule has 1 aliphatic heterocycles. The van der Waals surface area contributed by atoms with Gasteiger partial charge in [-0.1, -0.05) is 13.8 Å². The van der Waals surface area contributed by atoms with Gasteiger partial charge in [-0.05, 0) is 6.42 Å². The average molecular weight is 227 g/mol. The van der Waals surface area contributed by atoms with Gasteiger partial charge in [0.15, 0.2) is 0 Å². The molecule has 0 spiro atoms. The molecule has 3 N–H and O–H groups in total. The zero-order valence-electron chi connectivity index (χ0n) is 9.53. The van der Waals surface area contributed by atoms with Gasteiger partial charge in [0.1, 0.15) is 0 Å². The summed E-state index contributed by atoms with van der Waals surface area (Å²) in [4.78, 5) is 35.4. The fraction of sp³-hybridized carbons (Fsp3) is 0.700. The van der Waals surface area contributed by atoms with Crippen molar-refractivity contribution in [1.82, 2.24) is 10.3 Å². The monoisotopic (exact) mass is 227 g/mol. The Morgan fingerprint density at radius 3 is 2.25 bits per heavy atom. The maximum Gasteiger partial charge on any atom is 0.233 e. The molecule has 0 radical (unpaired) electrons. The van der Waals surface area contributed by atoms with Crippen LogP contribution in [-0.4, -0.2) is 29.2 Å². The third kappa shape index (κ3) is 2.38. The molecular formula is C10H17N3O3. The van der Waals surface area contributed by atoms with E-state index in [4.69, 9.17) is 5.84 Å². The maximum atomic E-state index is 11.7. The molecule has 1 heterocycles. The van der Waals surface area contributed by atoms with E-state index >= 15 is 0 Å². The molecule has 0 bridgehead atoms. The highest BCUT2D eigenvalue weighted by Gasteiger charge is 2.41. The van der Waals surface area contributed by atoms with Gasteiger partial charge in [-0.2, -0.15) is 0 Å². The number of hydrogen-bond acceptors (Lipinski definition) is 4. The molecule has 2 unspecified atom stereocenters. The van der Waals surface area contributed by atoms with Crippen LogP contribution in [0.4, 0.5) is 0 Å². The number of nitrogens with zero attached hydrogens (tertiary/aromatic N) is 1. The molecule has 3 amide bonds. The van der Waals surface area contributed by atoms with Gasteiger partial charge in [-0.15, -0.1) is 0 Å². The van der Waals surface area contributed by atoms with Gasteiger partial charge in [0, 0.05) is 24.8 Å². The molecule has 2 atom stereocenters. The molecule has 90 valence electrons. The quantitative estimate of drug-likeness (QED) is 0.290. The largest absolute Gasteiger partial charge is 0.294 e. The van der Waals surface area contributed by atoms with Crippen molar-refractivity contribution in [2.45, 2.75) is 26.7 Å². The summed E-state index contributed by atoms with van der Waals surface area (Å²) in [6, 6.07) is 0. The van der Waals surface area contributed by atoms with Gasteiger partial charge in [0.25, 0.3) is 0 Å². The second kappa shape index (κ2) is 5.07. The van der Waals surface area contributed by atoms with Crippen molar-refractivity contribution in [1.29, 1.82) is 0 Å². The van der Waals surface area contributed by atoms with E-state index in [2.05, 4.69) is 0 Å². The molecule has 1 aliphatic rings. The third-order valence-corrected chi connectivity index (χ3v) is 3.01. The van der Waals surface area contributed by atoms with Gasteiger partial charge in [0.2, 0.25) is 17.7 Å². The minimum atomic E-state index is -0.291. The number of hydrogen-bond donors (Lipinski definition) is 2. The zero-order chi connectivity index (χ0) is 12.3. The summed E-state index contributed by atoms with van der Waals surface area (Å²) >= 11 is 0. The Hall–Kier alpha value is -1.43. The molecule has 0 aromatic rings. The van der Waals surface area contributed by atoms with Crippen LogP contribution >= 0.6 is 0 Å². The van der Waals surface area contributed by atoms with E-state index in [1.807, 2.05) is 5.43 Å². The second-order valence-electron chi connectivity index (χ2n) is 4.08. The molecule has 6 heteroatoms. The van der Waals surface area contributed by atoms with Crippen molar-refractivity contribution in [2.24, 2.45) is 17.7 Å². The number of hydrazine groups is 1. The van der Waals surface area contributed by atoms with Crippen molar-refractivity contribution in [3.8, 4) is 0 Å². The summed E-state index contributed by atoms with van der Waals surface area (Å²) in [5.74, 6) is 3.82. The van der Waals surface area contributed by atoms with E-state index in [0.717, 1.165) is 0 Å². The number of nitrogens with two attached hydrogens (primary N) is 1. The predicted molar refractivity (Wildman–Crippen MR) is 56.6 cm³/mol. The molecule has 16 heavy (non-hydrogen) atoms. The standard InChI is InChI=1S/C10H17N3O3/c1-6-7(2)10(16)13(9(6)15)5-3-4-8(14)12-11/h6-7H,3-5,11H2,1-2H3,(H,12,14). The first-order chi connectivity index (χ1) is 7.49.